The van der Waals surface area contributed by atoms with Gasteiger partial charge in [-0.25, -0.2) is 4.68 Å². The van der Waals surface area contributed by atoms with Crippen molar-refractivity contribution in [2.45, 2.75) is 40.2 Å². The highest BCUT2D eigenvalue weighted by Gasteiger charge is 2.23. The lowest BCUT2D eigenvalue weighted by Crippen LogP contribution is -2.22. The monoisotopic (exact) mass is 338 g/mol. The molecule has 1 N–H and O–H groups in total. The van der Waals surface area contributed by atoms with Gasteiger partial charge in [0.25, 0.3) is 0 Å². The Hall–Kier alpha value is -2.89. The molecule has 3 aromatic rings. The van der Waals surface area contributed by atoms with Crippen LogP contribution in [0.3, 0.4) is 0 Å². The van der Waals surface area contributed by atoms with Gasteiger partial charge in [0.15, 0.2) is 0 Å². The maximum Gasteiger partial charge on any atom is 0.232 e. The molecule has 0 radical (unpaired) electrons. The number of hydrogen-bond acceptors (Lipinski definition) is 4. The third-order valence-corrected chi connectivity index (χ3v) is 4.30. The third-order valence-electron chi connectivity index (χ3n) is 4.30. The highest BCUT2D eigenvalue weighted by molar-refractivity contribution is 5.95. The van der Waals surface area contributed by atoms with E-state index in [0.717, 1.165) is 16.8 Å². The molecule has 0 aliphatic carbocycles. The molecule has 3 rings (SSSR count). The minimum atomic E-state index is -0.353. The summed E-state index contributed by atoms with van der Waals surface area (Å²) in [6.07, 6.45) is 1.69. The van der Waals surface area contributed by atoms with E-state index in [-0.39, 0.29) is 11.8 Å². The number of hydrogen-bond donors (Lipinski definition) is 1. The molecule has 0 aliphatic heterocycles. The molecule has 1 amide bonds. The SMILES string of the molecule is Cc1cccc(Cn2nccc2NC(=O)[C@H](C)c2c(C)noc2C)c1. The molecule has 6 heteroatoms. The molecule has 6 nitrogen and oxygen atoms in total. The highest BCUT2D eigenvalue weighted by atomic mass is 16.5. The first kappa shape index (κ1) is 17.0. The van der Waals surface area contributed by atoms with Crippen molar-refractivity contribution in [1.29, 1.82) is 0 Å². The smallest absolute Gasteiger partial charge is 0.232 e. The quantitative estimate of drug-likeness (QED) is 0.771. The maximum absolute atomic E-state index is 12.7. The lowest BCUT2D eigenvalue weighted by molar-refractivity contribution is -0.117. The second kappa shape index (κ2) is 6.93. The third kappa shape index (κ3) is 3.63. The Morgan fingerprint density at radius 1 is 1.28 bits per heavy atom. The summed E-state index contributed by atoms with van der Waals surface area (Å²) < 4.78 is 6.95. The van der Waals surface area contributed by atoms with Gasteiger partial charge >= 0.3 is 0 Å². The molecule has 0 saturated carbocycles. The van der Waals surface area contributed by atoms with E-state index in [1.54, 1.807) is 16.9 Å². The van der Waals surface area contributed by atoms with Crippen LogP contribution in [-0.4, -0.2) is 20.8 Å². The van der Waals surface area contributed by atoms with Crippen molar-refractivity contribution >= 4 is 11.7 Å². The van der Waals surface area contributed by atoms with Gasteiger partial charge in [0.1, 0.15) is 11.6 Å². The molecule has 2 aromatic heterocycles. The van der Waals surface area contributed by atoms with E-state index >= 15 is 0 Å². The molecule has 1 aromatic carbocycles. The fourth-order valence-electron chi connectivity index (χ4n) is 3.02. The van der Waals surface area contributed by atoms with Crippen LogP contribution in [0.25, 0.3) is 0 Å². The van der Waals surface area contributed by atoms with E-state index in [2.05, 4.69) is 34.6 Å². The number of nitrogens with zero attached hydrogens (tertiary/aromatic N) is 3. The van der Waals surface area contributed by atoms with Crippen LogP contribution in [0.5, 0.6) is 0 Å². The lowest BCUT2D eigenvalue weighted by atomic mass is 9.99. The number of anilines is 1. The summed E-state index contributed by atoms with van der Waals surface area (Å²) in [4.78, 5) is 12.7. The zero-order valence-corrected chi connectivity index (χ0v) is 14.9. The molecule has 0 fully saturated rings. The summed E-state index contributed by atoms with van der Waals surface area (Å²) in [7, 11) is 0. The summed E-state index contributed by atoms with van der Waals surface area (Å²) in [6, 6.07) is 10.0. The van der Waals surface area contributed by atoms with Gasteiger partial charge in [0, 0.05) is 11.6 Å². The Labute approximate surface area is 146 Å². The van der Waals surface area contributed by atoms with Crippen LogP contribution >= 0.6 is 0 Å². The van der Waals surface area contributed by atoms with Crippen LogP contribution < -0.4 is 5.32 Å². The van der Waals surface area contributed by atoms with Crippen LogP contribution in [-0.2, 0) is 11.3 Å². The van der Waals surface area contributed by atoms with Crippen molar-refractivity contribution in [2.75, 3.05) is 5.32 Å². The predicted molar refractivity (Wildman–Crippen MR) is 95.5 cm³/mol. The van der Waals surface area contributed by atoms with E-state index in [1.807, 2.05) is 32.9 Å². The van der Waals surface area contributed by atoms with Crippen molar-refractivity contribution in [1.82, 2.24) is 14.9 Å². The number of carbonyl (C=O) groups excluding carboxylic acids is 1. The van der Waals surface area contributed by atoms with Crippen LogP contribution in [0, 0.1) is 20.8 Å². The van der Waals surface area contributed by atoms with Crippen LogP contribution in [0.15, 0.2) is 41.1 Å². The van der Waals surface area contributed by atoms with Gasteiger partial charge in [-0.3, -0.25) is 4.79 Å². The molecule has 25 heavy (non-hydrogen) atoms. The van der Waals surface area contributed by atoms with E-state index < -0.39 is 0 Å². The summed E-state index contributed by atoms with van der Waals surface area (Å²) in [5.74, 6) is 0.882. The lowest BCUT2D eigenvalue weighted by Gasteiger charge is -2.13. The van der Waals surface area contributed by atoms with Crippen molar-refractivity contribution in [3.05, 3.63) is 64.7 Å². The van der Waals surface area contributed by atoms with Gasteiger partial charge in [0.2, 0.25) is 5.91 Å². The first-order valence-corrected chi connectivity index (χ1v) is 8.26. The van der Waals surface area contributed by atoms with Crippen LogP contribution in [0.2, 0.25) is 0 Å². The molecule has 0 unspecified atom stereocenters. The molecule has 0 bridgehead atoms. The second-order valence-electron chi connectivity index (χ2n) is 6.31. The van der Waals surface area contributed by atoms with Crippen LogP contribution in [0.4, 0.5) is 5.82 Å². The number of amides is 1. The normalized spacial score (nSPS) is 12.2. The molecule has 1 atom stereocenters. The Morgan fingerprint density at radius 3 is 2.76 bits per heavy atom. The molecule has 130 valence electrons. The average Bonchev–Trinajstić information content (AvgIpc) is 3.13. The average molecular weight is 338 g/mol. The predicted octanol–water partition coefficient (Wildman–Crippen LogP) is 3.59. The van der Waals surface area contributed by atoms with Gasteiger partial charge in [-0.15, -0.1) is 0 Å². The number of rotatable bonds is 5. The summed E-state index contributed by atoms with van der Waals surface area (Å²) in [5, 5.41) is 11.2. The molecular weight excluding hydrogens is 316 g/mol. The maximum atomic E-state index is 12.7. The van der Waals surface area contributed by atoms with Crippen molar-refractivity contribution < 1.29 is 9.32 Å². The van der Waals surface area contributed by atoms with E-state index in [1.165, 1.54) is 5.56 Å². The van der Waals surface area contributed by atoms with Crippen LogP contribution in [0.1, 0.15) is 41.0 Å². The highest BCUT2D eigenvalue weighted by Crippen LogP contribution is 2.24. The van der Waals surface area contributed by atoms with E-state index in [9.17, 15) is 4.79 Å². The van der Waals surface area contributed by atoms with Gasteiger partial charge < -0.3 is 9.84 Å². The molecule has 0 saturated heterocycles. The minimum Gasteiger partial charge on any atom is -0.361 e. The Bertz CT molecular complexity index is 875. The first-order valence-electron chi connectivity index (χ1n) is 8.26. The van der Waals surface area contributed by atoms with Gasteiger partial charge in [-0.2, -0.15) is 5.10 Å². The number of nitrogens with one attached hydrogen (secondary N) is 1. The minimum absolute atomic E-state index is 0.111. The number of carbonyl (C=O) groups is 1. The topological polar surface area (TPSA) is 73.0 Å². The Balaban J connectivity index is 1.76. The Kier molecular flexibility index (Phi) is 4.70. The fraction of sp³-hybridized carbons (Fsp3) is 0.316. The molecule has 2 heterocycles. The molecule has 0 spiro atoms. The first-order chi connectivity index (χ1) is 12.0. The zero-order chi connectivity index (χ0) is 18.0. The number of aryl methyl sites for hydroxylation is 3. The largest absolute Gasteiger partial charge is 0.361 e. The summed E-state index contributed by atoms with van der Waals surface area (Å²) in [6.45, 7) is 8.17. The van der Waals surface area contributed by atoms with Crippen molar-refractivity contribution in [2.24, 2.45) is 0 Å². The second-order valence-corrected chi connectivity index (χ2v) is 6.31. The number of benzene rings is 1. The van der Waals surface area contributed by atoms with Crippen molar-refractivity contribution in [3.8, 4) is 0 Å². The summed E-state index contributed by atoms with van der Waals surface area (Å²) in [5.41, 5.74) is 3.91. The van der Waals surface area contributed by atoms with Crippen molar-refractivity contribution in [3.63, 3.8) is 0 Å². The van der Waals surface area contributed by atoms with Gasteiger partial charge in [-0.1, -0.05) is 35.0 Å². The fourth-order valence-corrected chi connectivity index (χ4v) is 3.02. The standard InChI is InChI=1S/C19H22N4O2/c1-12-6-5-7-16(10-12)11-23-17(8-9-20-23)21-19(24)13(2)18-14(3)22-25-15(18)4/h5-10,13H,11H2,1-4H3,(H,21,24)/t13-/m1/s1. The number of aromatic nitrogens is 3. The summed E-state index contributed by atoms with van der Waals surface area (Å²) >= 11 is 0. The Morgan fingerprint density at radius 2 is 2.08 bits per heavy atom. The zero-order valence-electron chi connectivity index (χ0n) is 14.9. The van der Waals surface area contributed by atoms with E-state index in [0.29, 0.717) is 18.1 Å². The van der Waals surface area contributed by atoms with Gasteiger partial charge in [-0.05, 0) is 33.3 Å². The van der Waals surface area contributed by atoms with Gasteiger partial charge in [0.05, 0.1) is 24.4 Å². The van der Waals surface area contributed by atoms with E-state index in [4.69, 9.17) is 4.52 Å². The molecular formula is C19H22N4O2. The molecule has 0 aliphatic rings.